The van der Waals surface area contributed by atoms with E-state index in [9.17, 15) is 4.79 Å². The minimum absolute atomic E-state index is 0.0138. The fourth-order valence-electron chi connectivity index (χ4n) is 2.94. The summed E-state index contributed by atoms with van der Waals surface area (Å²) >= 11 is 0. The smallest absolute Gasteiger partial charge is 0.217 e. The van der Waals surface area contributed by atoms with Crippen molar-refractivity contribution in [3.8, 4) is 0 Å². The Labute approximate surface area is 139 Å². The van der Waals surface area contributed by atoms with Crippen molar-refractivity contribution in [1.29, 1.82) is 5.41 Å². The van der Waals surface area contributed by atoms with Crippen molar-refractivity contribution in [2.75, 3.05) is 13.1 Å². The van der Waals surface area contributed by atoms with Gasteiger partial charge in [0.15, 0.2) is 11.9 Å². The third kappa shape index (κ3) is 7.85. The van der Waals surface area contributed by atoms with Gasteiger partial charge in [-0.25, -0.2) is 4.99 Å². The molecule has 1 aliphatic heterocycles. The highest BCUT2D eigenvalue weighted by molar-refractivity contribution is 5.96. The van der Waals surface area contributed by atoms with Crippen LogP contribution >= 0.6 is 0 Å². The van der Waals surface area contributed by atoms with Crippen LogP contribution in [0.15, 0.2) is 4.99 Å². The van der Waals surface area contributed by atoms with E-state index in [1.54, 1.807) is 0 Å². The summed E-state index contributed by atoms with van der Waals surface area (Å²) in [7, 11) is 0. The second kappa shape index (κ2) is 10.1. The third-order valence-corrected chi connectivity index (χ3v) is 3.95. The van der Waals surface area contributed by atoms with E-state index in [0.29, 0.717) is 5.96 Å². The number of piperidine rings is 1. The van der Waals surface area contributed by atoms with E-state index < -0.39 is 0 Å². The van der Waals surface area contributed by atoms with Gasteiger partial charge < -0.3 is 16.0 Å². The highest BCUT2D eigenvalue weighted by Gasteiger charge is 2.16. The van der Waals surface area contributed by atoms with Crippen LogP contribution < -0.4 is 16.4 Å². The molecule has 0 aromatic heterocycles. The van der Waals surface area contributed by atoms with Gasteiger partial charge in [-0.3, -0.25) is 15.5 Å². The molecule has 0 saturated carbocycles. The number of amides is 1. The highest BCUT2D eigenvalue weighted by atomic mass is 16.1. The number of nitrogens with two attached hydrogens (primary N) is 1. The molecule has 2 unspecified atom stereocenters. The minimum atomic E-state index is -0.0161. The topological polar surface area (TPSA) is 107 Å². The van der Waals surface area contributed by atoms with Crippen LogP contribution in [0.25, 0.3) is 0 Å². The Balaban J connectivity index is 2.47. The van der Waals surface area contributed by atoms with Gasteiger partial charge in [-0.1, -0.05) is 13.3 Å². The Bertz CT molecular complexity index is 417. The molecule has 5 N–H and O–H groups in total. The number of nitrogens with one attached hydrogen (secondary N) is 3. The first-order valence-electron chi connectivity index (χ1n) is 8.63. The summed E-state index contributed by atoms with van der Waals surface area (Å²) in [5.41, 5.74) is 5.92. The molecule has 1 amide bonds. The van der Waals surface area contributed by atoms with Gasteiger partial charge in [0.25, 0.3) is 0 Å². The first-order chi connectivity index (χ1) is 10.9. The van der Waals surface area contributed by atoms with Crippen molar-refractivity contribution in [3.05, 3.63) is 0 Å². The Morgan fingerprint density at radius 3 is 2.57 bits per heavy atom. The molecule has 0 aromatic carbocycles. The zero-order valence-corrected chi connectivity index (χ0v) is 14.7. The van der Waals surface area contributed by atoms with E-state index in [1.807, 2.05) is 11.8 Å². The zero-order chi connectivity index (χ0) is 17.2. The first-order valence-corrected chi connectivity index (χ1v) is 8.63. The fraction of sp³-hybridized carbons (Fsp3) is 0.812. The van der Waals surface area contributed by atoms with Crippen molar-refractivity contribution < 1.29 is 4.79 Å². The lowest BCUT2D eigenvalue weighted by molar-refractivity contribution is -0.119. The number of hydrogen-bond acceptors (Lipinski definition) is 3. The molecule has 23 heavy (non-hydrogen) atoms. The number of rotatable bonds is 6. The van der Waals surface area contributed by atoms with Crippen LogP contribution in [0, 0.1) is 5.41 Å². The number of carbonyl (C=O) groups excluding carboxylic acids is 1. The van der Waals surface area contributed by atoms with Crippen molar-refractivity contribution >= 4 is 17.8 Å². The van der Waals surface area contributed by atoms with Crippen molar-refractivity contribution in [1.82, 2.24) is 15.5 Å². The molecule has 0 radical (unpaired) electrons. The van der Waals surface area contributed by atoms with Gasteiger partial charge in [0, 0.05) is 26.1 Å². The van der Waals surface area contributed by atoms with Gasteiger partial charge in [-0.05, 0) is 39.0 Å². The Kier molecular flexibility index (Phi) is 8.43. The standard InChI is InChI=1S/C16H32N6O/c1-4-8-14(20-13(3)23)11-12(2)19-15(17)21-16(18)22-9-6-5-7-10-22/h12,14H,4-11H2,1-3H3,(H,20,23)(H4,17,18,19,21). The Morgan fingerprint density at radius 2 is 2.00 bits per heavy atom. The lowest BCUT2D eigenvalue weighted by Gasteiger charge is -2.29. The molecule has 1 aliphatic rings. The van der Waals surface area contributed by atoms with Gasteiger partial charge >= 0.3 is 0 Å². The predicted molar refractivity (Wildman–Crippen MR) is 94.5 cm³/mol. The van der Waals surface area contributed by atoms with Gasteiger partial charge in [-0.15, -0.1) is 0 Å². The maximum Gasteiger partial charge on any atom is 0.217 e. The van der Waals surface area contributed by atoms with Gasteiger partial charge in [0.2, 0.25) is 5.91 Å². The molecule has 0 aromatic rings. The van der Waals surface area contributed by atoms with E-state index in [4.69, 9.17) is 11.1 Å². The van der Waals surface area contributed by atoms with Gasteiger partial charge in [0.1, 0.15) is 0 Å². The van der Waals surface area contributed by atoms with Crippen LogP contribution in [0.4, 0.5) is 0 Å². The minimum Gasteiger partial charge on any atom is -0.370 e. The second-order valence-electron chi connectivity index (χ2n) is 6.31. The fourth-order valence-corrected chi connectivity index (χ4v) is 2.94. The number of carbonyl (C=O) groups is 1. The van der Waals surface area contributed by atoms with Crippen molar-refractivity contribution in [2.24, 2.45) is 10.7 Å². The van der Waals surface area contributed by atoms with Crippen molar-refractivity contribution in [2.45, 2.75) is 71.4 Å². The van der Waals surface area contributed by atoms with E-state index >= 15 is 0 Å². The molecule has 1 saturated heterocycles. The molecule has 2 atom stereocenters. The SMILES string of the molecule is CCCC(CC(C)N=C(N)NC(=N)N1CCCCC1)NC(C)=O. The summed E-state index contributed by atoms with van der Waals surface area (Å²) in [5.74, 6) is 0.578. The lowest BCUT2D eigenvalue weighted by atomic mass is 10.0. The lowest BCUT2D eigenvalue weighted by Crippen LogP contribution is -2.48. The van der Waals surface area contributed by atoms with Crippen LogP contribution in [0.5, 0.6) is 0 Å². The number of hydrogen-bond donors (Lipinski definition) is 4. The van der Waals surface area contributed by atoms with Gasteiger partial charge in [-0.2, -0.15) is 0 Å². The summed E-state index contributed by atoms with van der Waals surface area (Å²) in [5, 5.41) is 13.9. The average molecular weight is 324 g/mol. The highest BCUT2D eigenvalue weighted by Crippen LogP contribution is 2.09. The maximum atomic E-state index is 11.2. The predicted octanol–water partition coefficient (Wildman–Crippen LogP) is 1.39. The molecular formula is C16H32N6O. The molecule has 7 nitrogen and oxygen atoms in total. The summed E-state index contributed by atoms with van der Waals surface area (Å²) in [6, 6.07) is 0.102. The number of nitrogens with zero attached hydrogens (tertiary/aromatic N) is 2. The van der Waals surface area contributed by atoms with Crippen molar-refractivity contribution in [3.63, 3.8) is 0 Å². The molecule has 0 spiro atoms. The molecule has 132 valence electrons. The molecule has 0 bridgehead atoms. The molecule has 1 heterocycles. The quantitative estimate of drug-likeness (QED) is 0.437. The second-order valence-corrected chi connectivity index (χ2v) is 6.31. The molecule has 7 heteroatoms. The van der Waals surface area contributed by atoms with Crippen LogP contribution in [0.2, 0.25) is 0 Å². The average Bonchev–Trinajstić information content (AvgIpc) is 2.47. The maximum absolute atomic E-state index is 11.2. The van der Waals surface area contributed by atoms with Crippen LogP contribution in [-0.2, 0) is 4.79 Å². The monoisotopic (exact) mass is 324 g/mol. The number of aliphatic imine (C=N–C) groups is 1. The van der Waals surface area contributed by atoms with E-state index in [2.05, 4.69) is 22.5 Å². The molecule has 1 rings (SSSR count). The van der Waals surface area contributed by atoms with E-state index in [-0.39, 0.29) is 24.0 Å². The number of likely N-dealkylation sites (tertiary alicyclic amines) is 1. The van der Waals surface area contributed by atoms with Crippen LogP contribution in [0.3, 0.4) is 0 Å². The third-order valence-electron chi connectivity index (χ3n) is 3.95. The summed E-state index contributed by atoms with van der Waals surface area (Å²) in [6.07, 6.45) is 6.14. The van der Waals surface area contributed by atoms with Gasteiger partial charge in [0.05, 0.1) is 6.04 Å². The van der Waals surface area contributed by atoms with E-state index in [1.165, 1.54) is 13.3 Å². The molecular weight excluding hydrogens is 292 g/mol. The van der Waals surface area contributed by atoms with E-state index in [0.717, 1.165) is 45.2 Å². The number of guanidine groups is 2. The normalized spacial score (nSPS) is 18.2. The Hall–Kier alpha value is -1.79. The summed E-state index contributed by atoms with van der Waals surface area (Å²) in [6.45, 7) is 7.40. The molecule has 1 fully saturated rings. The zero-order valence-electron chi connectivity index (χ0n) is 14.7. The summed E-state index contributed by atoms with van der Waals surface area (Å²) < 4.78 is 0. The van der Waals surface area contributed by atoms with Crippen LogP contribution in [-0.4, -0.2) is 47.9 Å². The largest absolute Gasteiger partial charge is 0.370 e. The molecule has 0 aliphatic carbocycles. The van der Waals surface area contributed by atoms with Crippen LogP contribution in [0.1, 0.15) is 59.3 Å². The first kappa shape index (κ1) is 19.3. The Morgan fingerprint density at radius 1 is 1.35 bits per heavy atom. The summed E-state index contributed by atoms with van der Waals surface area (Å²) in [4.78, 5) is 17.6.